The average Bonchev–Trinajstić information content (AvgIpc) is 3.46. The van der Waals surface area contributed by atoms with Crippen LogP contribution in [-0.4, -0.2) is 78.8 Å². The molecule has 9 heteroatoms. The van der Waals surface area contributed by atoms with Crippen LogP contribution in [0, 0.1) is 11.8 Å². The summed E-state index contributed by atoms with van der Waals surface area (Å²) in [4.78, 5) is 50.5. The summed E-state index contributed by atoms with van der Waals surface area (Å²) in [5, 5.41) is 4.86. The highest BCUT2D eigenvalue weighted by Crippen LogP contribution is 2.36. The number of aromatic amines is 1. The second kappa shape index (κ2) is 13.5. The van der Waals surface area contributed by atoms with Crippen LogP contribution in [0.5, 0.6) is 0 Å². The topological polar surface area (TPSA) is 88.8 Å². The van der Waals surface area contributed by atoms with Gasteiger partial charge in [0, 0.05) is 71.9 Å². The van der Waals surface area contributed by atoms with Gasteiger partial charge in [-0.2, -0.15) is 0 Å². The van der Waals surface area contributed by atoms with Gasteiger partial charge in [0.15, 0.2) is 0 Å². The highest BCUT2D eigenvalue weighted by Gasteiger charge is 2.36. The first kappa shape index (κ1) is 30.9. The molecular formula is C36H40ClN5O3. The first-order valence-corrected chi connectivity index (χ1v) is 16.1. The fraction of sp³-hybridized carbons (Fsp3) is 0.361. The van der Waals surface area contributed by atoms with Crippen LogP contribution in [0.3, 0.4) is 0 Å². The van der Waals surface area contributed by atoms with Gasteiger partial charge in [-0.25, -0.2) is 0 Å². The second-order valence-electron chi connectivity index (χ2n) is 12.6. The summed E-state index contributed by atoms with van der Waals surface area (Å²) in [6, 6.07) is 22.2. The Kier molecular flexibility index (Phi) is 9.24. The van der Waals surface area contributed by atoms with Crippen LogP contribution in [0.2, 0.25) is 5.02 Å². The standard InChI is InChI=1S/C36H40ClN5O3/c1-40(2)22-24-19-29-30(37)12-8-14-33(29)42(23-24)36(45)32(20-27-21-38-31-13-7-6-11-28(27)31)39-34(43)25-15-17-41(18-16-25)35(44)26-9-4-3-5-10-26/h3-14,21,24-25,32,38H,15-20,22-23H2,1-2H3,(H,39,43)/t24?,32-/m1/s1. The number of halogens is 1. The third-order valence-electron chi connectivity index (χ3n) is 9.10. The summed E-state index contributed by atoms with van der Waals surface area (Å²) in [6.07, 6.45) is 4.17. The second-order valence-corrected chi connectivity index (χ2v) is 13.0. The molecule has 2 aliphatic rings. The monoisotopic (exact) mass is 625 g/mol. The van der Waals surface area contributed by atoms with Gasteiger partial charge in [-0.15, -0.1) is 0 Å². The van der Waals surface area contributed by atoms with Crippen LogP contribution in [0.15, 0.2) is 79.0 Å². The number of nitrogens with one attached hydrogen (secondary N) is 2. The molecule has 2 N–H and O–H groups in total. The minimum Gasteiger partial charge on any atom is -0.361 e. The lowest BCUT2D eigenvalue weighted by atomic mass is 9.90. The predicted octanol–water partition coefficient (Wildman–Crippen LogP) is 5.17. The lowest BCUT2D eigenvalue weighted by Crippen LogP contribution is -2.54. The smallest absolute Gasteiger partial charge is 0.253 e. The Morgan fingerprint density at radius 3 is 2.47 bits per heavy atom. The van der Waals surface area contributed by atoms with E-state index < -0.39 is 6.04 Å². The maximum Gasteiger partial charge on any atom is 0.253 e. The van der Waals surface area contributed by atoms with E-state index in [1.54, 1.807) is 0 Å². The number of anilines is 1. The first-order valence-electron chi connectivity index (χ1n) is 15.7. The molecule has 4 aromatic rings. The maximum atomic E-state index is 14.6. The highest BCUT2D eigenvalue weighted by molar-refractivity contribution is 6.32. The number of fused-ring (bicyclic) bond motifs is 2. The highest BCUT2D eigenvalue weighted by atomic mass is 35.5. The van der Waals surface area contributed by atoms with Crippen LogP contribution in [0.1, 0.15) is 34.3 Å². The molecule has 2 aliphatic heterocycles. The van der Waals surface area contributed by atoms with Crippen molar-refractivity contribution in [2.75, 3.05) is 45.2 Å². The number of amides is 3. The van der Waals surface area contributed by atoms with E-state index in [0.717, 1.165) is 40.7 Å². The van der Waals surface area contributed by atoms with Crippen molar-refractivity contribution in [3.05, 3.63) is 101 Å². The van der Waals surface area contributed by atoms with Crippen molar-refractivity contribution in [1.82, 2.24) is 20.1 Å². The average molecular weight is 626 g/mol. The van der Waals surface area contributed by atoms with Gasteiger partial charge in [-0.3, -0.25) is 14.4 Å². The number of H-pyrrole nitrogens is 1. The number of nitrogens with zero attached hydrogens (tertiary/aromatic N) is 3. The van der Waals surface area contributed by atoms with Gasteiger partial charge in [-0.1, -0.05) is 54.1 Å². The van der Waals surface area contributed by atoms with Crippen molar-refractivity contribution in [1.29, 1.82) is 0 Å². The zero-order chi connectivity index (χ0) is 31.5. The van der Waals surface area contributed by atoms with E-state index in [-0.39, 0.29) is 29.6 Å². The zero-order valence-electron chi connectivity index (χ0n) is 25.8. The van der Waals surface area contributed by atoms with Gasteiger partial charge in [0.1, 0.15) is 6.04 Å². The number of rotatable bonds is 8. The van der Waals surface area contributed by atoms with Crippen molar-refractivity contribution in [3.63, 3.8) is 0 Å². The van der Waals surface area contributed by atoms with Crippen molar-refractivity contribution < 1.29 is 14.4 Å². The van der Waals surface area contributed by atoms with Gasteiger partial charge >= 0.3 is 0 Å². The number of aromatic nitrogens is 1. The largest absolute Gasteiger partial charge is 0.361 e. The Morgan fingerprint density at radius 2 is 1.71 bits per heavy atom. The number of hydrogen-bond donors (Lipinski definition) is 2. The van der Waals surface area contributed by atoms with E-state index in [4.69, 9.17) is 11.6 Å². The molecule has 1 aromatic heterocycles. The molecule has 1 fully saturated rings. The Bertz CT molecular complexity index is 1680. The molecule has 0 bridgehead atoms. The number of carbonyl (C=O) groups excluding carboxylic acids is 3. The number of piperidine rings is 1. The van der Waals surface area contributed by atoms with Crippen molar-refractivity contribution in [2.45, 2.75) is 31.7 Å². The molecule has 8 nitrogen and oxygen atoms in total. The molecule has 6 rings (SSSR count). The zero-order valence-corrected chi connectivity index (χ0v) is 26.6. The normalized spacial score (nSPS) is 17.7. The molecule has 234 valence electrons. The Hall–Kier alpha value is -4.14. The van der Waals surface area contributed by atoms with Gasteiger partial charge in [0.2, 0.25) is 11.8 Å². The minimum atomic E-state index is -0.773. The van der Waals surface area contributed by atoms with Crippen molar-refractivity contribution in [2.24, 2.45) is 11.8 Å². The van der Waals surface area contributed by atoms with E-state index in [1.807, 2.05) is 103 Å². The van der Waals surface area contributed by atoms with Crippen LogP contribution < -0.4 is 10.2 Å². The first-order chi connectivity index (χ1) is 21.8. The molecule has 3 amide bonds. The molecular weight excluding hydrogens is 586 g/mol. The van der Waals surface area contributed by atoms with E-state index in [9.17, 15) is 14.4 Å². The molecule has 0 saturated carbocycles. The quantitative estimate of drug-likeness (QED) is 0.283. The number of carbonyl (C=O) groups is 3. The summed E-state index contributed by atoms with van der Waals surface area (Å²) < 4.78 is 0. The Morgan fingerprint density at radius 1 is 0.978 bits per heavy atom. The van der Waals surface area contributed by atoms with Gasteiger partial charge in [0.05, 0.1) is 0 Å². The molecule has 3 aromatic carbocycles. The number of likely N-dealkylation sites (tertiary alicyclic amines) is 1. The Labute approximate surface area is 269 Å². The van der Waals surface area contributed by atoms with Crippen LogP contribution in [0.4, 0.5) is 5.69 Å². The molecule has 1 saturated heterocycles. The third kappa shape index (κ3) is 6.77. The fourth-order valence-electron chi connectivity index (χ4n) is 6.87. The van der Waals surface area contributed by atoms with Crippen LogP contribution >= 0.6 is 11.6 Å². The Balaban J connectivity index is 1.24. The number of para-hydroxylation sites is 1. The lowest BCUT2D eigenvalue weighted by Gasteiger charge is -2.38. The van der Waals surface area contributed by atoms with Crippen molar-refractivity contribution >= 4 is 45.9 Å². The van der Waals surface area contributed by atoms with Gasteiger partial charge in [0.25, 0.3) is 5.91 Å². The molecule has 0 aliphatic carbocycles. The van der Waals surface area contributed by atoms with E-state index in [1.165, 1.54) is 0 Å². The summed E-state index contributed by atoms with van der Waals surface area (Å²) in [5.74, 6) is -0.387. The lowest BCUT2D eigenvalue weighted by molar-refractivity contribution is -0.131. The molecule has 0 radical (unpaired) electrons. The summed E-state index contributed by atoms with van der Waals surface area (Å²) in [5.41, 5.74) is 4.40. The van der Waals surface area contributed by atoms with Crippen LogP contribution in [0.25, 0.3) is 10.9 Å². The van der Waals surface area contributed by atoms with Gasteiger partial charge < -0.3 is 25.0 Å². The summed E-state index contributed by atoms with van der Waals surface area (Å²) in [7, 11) is 4.07. The van der Waals surface area contributed by atoms with E-state index >= 15 is 0 Å². The van der Waals surface area contributed by atoms with Crippen LogP contribution in [-0.2, 0) is 22.4 Å². The fourth-order valence-corrected chi connectivity index (χ4v) is 7.11. The molecule has 2 atom stereocenters. The molecule has 45 heavy (non-hydrogen) atoms. The third-order valence-corrected chi connectivity index (χ3v) is 9.45. The van der Waals surface area contributed by atoms with Gasteiger partial charge in [-0.05, 0) is 80.7 Å². The van der Waals surface area contributed by atoms with E-state index in [0.29, 0.717) is 49.5 Å². The molecule has 1 unspecified atom stereocenters. The number of benzene rings is 3. The van der Waals surface area contributed by atoms with Crippen molar-refractivity contribution in [3.8, 4) is 0 Å². The summed E-state index contributed by atoms with van der Waals surface area (Å²) >= 11 is 6.68. The molecule has 0 spiro atoms. The SMILES string of the molecule is CN(C)CC1Cc2c(Cl)cccc2N(C(=O)[C@@H](Cc2c[nH]c3ccccc23)NC(=O)C2CCN(C(=O)c3ccccc3)CC2)C1. The molecule has 3 heterocycles. The van der Waals surface area contributed by atoms with E-state index in [2.05, 4.69) is 15.2 Å². The summed E-state index contributed by atoms with van der Waals surface area (Å²) in [6.45, 7) is 2.35. The predicted molar refractivity (Wildman–Crippen MR) is 179 cm³/mol. The minimum absolute atomic E-state index is 0.0171. The maximum absolute atomic E-state index is 14.6. The number of hydrogen-bond acceptors (Lipinski definition) is 4.